The fourth-order valence-corrected chi connectivity index (χ4v) is 1.96. The molecule has 5 nitrogen and oxygen atoms in total. The molecule has 1 rings (SSSR count). The molecular formula is C13H19ClN2O3. The zero-order valence-corrected chi connectivity index (χ0v) is 11.9. The van der Waals surface area contributed by atoms with Crippen LogP contribution in [0.5, 0.6) is 0 Å². The normalized spacial score (nSPS) is 11.6. The van der Waals surface area contributed by atoms with Crippen molar-refractivity contribution in [1.82, 2.24) is 5.32 Å². The van der Waals surface area contributed by atoms with Crippen molar-refractivity contribution in [2.75, 3.05) is 6.54 Å². The van der Waals surface area contributed by atoms with Gasteiger partial charge in [-0.3, -0.25) is 10.1 Å². The van der Waals surface area contributed by atoms with E-state index in [1.807, 2.05) is 13.8 Å². The fourth-order valence-electron chi connectivity index (χ4n) is 1.72. The Bertz CT molecular complexity index is 448. The topological polar surface area (TPSA) is 75.4 Å². The van der Waals surface area contributed by atoms with Gasteiger partial charge < -0.3 is 10.4 Å². The van der Waals surface area contributed by atoms with Crippen molar-refractivity contribution in [3.8, 4) is 0 Å². The molecule has 0 aliphatic carbocycles. The molecular weight excluding hydrogens is 268 g/mol. The van der Waals surface area contributed by atoms with Crippen LogP contribution in [0.4, 0.5) is 5.69 Å². The lowest BCUT2D eigenvalue weighted by molar-refractivity contribution is -0.384. The summed E-state index contributed by atoms with van der Waals surface area (Å²) in [6.45, 7) is 4.81. The van der Waals surface area contributed by atoms with E-state index in [4.69, 9.17) is 11.6 Å². The molecule has 0 fully saturated rings. The van der Waals surface area contributed by atoms with E-state index in [1.165, 1.54) is 12.1 Å². The van der Waals surface area contributed by atoms with Crippen LogP contribution in [0.3, 0.4) is 0 Å². The van der Waals surface area contributed by atoms with E-state index in [1.54, 1.807) is 6.07 Å². The molecule has 19 heavy (non-hydrogen) atoms. The van der Waals surface area contributed by atoms with Gasteiger partial charge in [0.2, 0.25) is 0 Å². The summed E-state index contributed by atoms with van der Waals surface area (Å²) in [5, 5.41) is 24.2. The highest BCUT2D eigenvalue weighted by Crippen LogP contribution is 2.22. The lowest BCUT2D eigenvalue weighted by Gasteiger charge is -2.25. The van der Waals surface area contributed by atoms with Gasteiger partial charge >= 0.3 is 0 Å². The summed E-state index contributed by atoms with van der Waals surface area (Å²) in [5.74, 6) is 0. The minimum Gasteiger partial charge on any atom is -0.389 e. The van der Waals surface area contributed by atoms with Gasteiger partial charge in [0.15, 0.2) is 0 Å². The molecule has 2 N–H and O–H groups in total. The molecule has 0 aliphatic heterocycles. The number of non-ortho nitro benzene ring substituents is 1. The van der Waals surface area contributed by atoms with E-state index >= 15 is 0 Å². The van der Waals surface area contributed by atoms with Gasteiger partial charge in [-0.2, -0.15) is 0 Å². The summed E-state index contributed by atoms with van der Waals surface area (Å²) in [5.41, 5.74) is 0.0435. The number of nitro groups is 1. The predicted molar refractivity (Wildman–Crippen MR) is 75.3 cm³/mol. The van der Waals surface area contributed by atoms with Crippen molar-refractivity contribution in [3.05, 3.63) is 38.9 Å². The Morgan fingerprint density at radius 1 is 1.42 bits per heavy atom. The average Bonchev–Trinajstić information content (AvgIpc) is 2.40. The number of nitrogens with one attached hydrogen (secondary N) is 1. The Hall–Kier alpha value is -1.17. The van der Waals surface area contributed by atoms with E-state index in [2.05, 4.69) is 5.32 Å². The lowest BCUT2D eigenvalue weighted by atomic mass is 9.97. The second kappa shape index (κ2) is 6.84. The van der Waals surface area contributed by atoms with Crippen LogP contribution in [0.1, 0.15) is 32.3 Å². The number of hydrogen-bond donors (Lipinski definition) is 2. The van der Waals surface area contributed by atoms with E-state index in [0.29, 0.717) is 31.0 Å². The summed E-state index contributed by atoms with van der Waals surface area (Å²) < 4.78 is 0. The molecule has 0 spiro atoms. The molecule has 0 aliphatic rings. The quantitative estimate of drug-likeness (QED) is 0.597. The minimum atomic E-state index is -0.715. The number of nitro benzene ring substituents is 1. The molecule has 106 valence electrons. The van der Waals surface area contributed by atoms with Crippen LogP contribution < -0.4 is 5.32 Å². The zero-order valence-electron chi connectivity index (χ0n) is 11.1. The molecule has 0 heterocycles. The Morgan fingerprint density at radius 2 is 2.05 bits per heavy atom. The minimum absolute atomic E-state index is 0.0210. The van der Waals surface area contributed by atoms with Crippen LogP contribution in [0, 0.1) is 10.1 Å². The van der Waals surface area contributed by atoms with Crippen LogP contribution in [-0.2, 0) is 6.54 Å². The molecule has 0 atom stereocenters. The second-order valence-corrected chi connectivity index (χ2v) is 4.98. The van der Waals surface area contributed by atoms with Gasteiger partial charge in [0.05, 0.1) is 15.5 Å². The van der Waals surface area contributed by atoms with E-state index in [-0.39, 0.29) is 5.69 Å². The van der Waals surface area contributed by atoms with Crippen LogP contribution in [0.2, 0.25) is 5.02 Å². The number of hydrogen-bond acceptors (Lipinski definition) is 4. The maximum atomic E-state index is 10.6. The van der Waals surface area contributed by atoms with Gasteiger partial charge in [-0.05, 0) is 24.5 Å². The maximum Gasteiger partial charge on any atom is 0.270 e. The number of nitrogens with zero attached hydrogens (tertiary/aromatic N) is 1. The summed E-state index contributed by atoms with van der Waals surface area (Å²) in [4.78, 5) is 10.1. The van der Waals surface area contributed by atoms with E-state index < -0.39 is 10.5 Å². The first-order valence-electron chi connectivity index (χ1n) is 6.27. The molecule has 0 unspecified atom stereocenters. The molecule has 0 aromatic heterocycles. The second-order valence-electron chi connectivity index (χ2n) is 4.57. The zero-order chi connectivity index (χ0) is 14.5. The van der Waals surface area contributed by atoms with Gasteiger partial charge in [-0.25, -0.2) is 0 Å². The van der Waals surface area contributed by atoms with Crippen LogP contribution in [-0.4, -0.2) is 22.2 Å². The van der Waals surface area contributed by atoms with Crippen molar-refractivity contribution in [2.24, 2.45) is 0 Å². The highest BCUT2D eigenvalue weighted by atomic mass is 35.5. The Morgan fingerprint density at radius 3 is 2.53 bits per heavy atom. The third-order valence-corrected chi connectivity index (χ3v) is 3.69. The standard InChI is InChI=1S/C13H19ClN2O3/c1-3-13(17,4-2)9-15-8-10-5-6-11(16(18)19)7-12(10)14/h5-7,15,17H,3-4,8-9H2,1-2H3. The highest BCUT2D eigenvalue weighted by molar-refractivity contribution is 6.31. The molecule has 0 bridgehead atoms. The smallest absolute Gasteiger partial charge is 0.270 e. The Labute approximate surface area is 117 Å². The third kappa shape index (κ3) is 4.45. The molecule has 1 aromatic carbocycles. The predicted octanol–water partition coefficient (Wildman–Crippen LogP) is 2.89. The molecule has 0 saturated carbocycles. The van der Waals surface area contributed by atoms with Crippen molar-refractivity contribution in [1.29, 1.82) is 0 Å². The van der Waals surface area contributed by atoms with Crippen molar-refractivity contribution in [3.63, 3.8) is 0 Å². The SMILES string of the molecule is CCC(O)(CC)CNCc1ccc([N+](=O)[O-])cc1Cl. The van der Waals surface area contributed by atoms with Crippen LogP contribution >= 0.6 is 11.6 Å². The lowest BCUT2D eigenvalue weighted by Crippen LogP contribution is -2.39. The molecule has 0 amide bonds. The molecule has 6 heteroatoms. The van der Waals surface area contributed by atoms with Gasteiger partial charge in [0.25, 0.3) is 5.69 Å². The first-order valence-corrected chi connectivity index (χ1v) is 6.65. The van der Waals surface area contributed by atoms with E-state index in [9.17, 15) is 15.2 Å². The van der Waals surface area contributed by atoms with Crippen molar-refractivity contribution in [2.45, 2.75) is 38.8 Å². The number of aliphatic hydroxyl groups is 1. The first-order chi connectivity index (χ1) is 8.91. The van der Waals surface area contributed by atoms with Gasteiger partial charge in [0.1, 0.15) is 0 Å². The van der Waals surface area contributed by atoms with Gasteiger partial charge in [0, 0.05) is 25.2 Å². The van der Waals surface area contributed by atoms with E-state index in [0.717, 1.165) is 5.56 Å². The van der Waals surface area contributed by atoms with Gasteiger partial charge in [-0.1, -0.05) is 25.4 Å². The first kappa shape index (κ1) is 15.9. The fraction of sp³-hybridized carbons (Fsp3) is 0.538. The summed E-state index contributed by atoms with van der Waals surface area (Å²) >= 11 is 5.98. The van der Waals surface area contributed by atoms with Crippen LogP contribution in [0.25, 0.3) is 0 Å². The summed E-state index contributed by atoms with van der Waals surface area (Å²) in [7, 11) is 0. The summed E-state index contributed by atoms with van der Waals surface area (Å²) in [6, 6.07) is 4.39. The molecule has 0 saturated heterocycles. The number of rotatable bonds is 7. The summed E-state index contributed by atoms with van der Waals surface area (Å²) in [6.07, 6.45) is 1.34. The Kier molecular flexibility index (Phi) is 5.72. The van der Waals surface area contributed by atoms with Crippen LogP contribution in [0.15, 0.2) is 18.2 Å². The molecule has 0 radical (unpaired) electrons. The highest BCUT2D eigenvalue weighted by Gasteiger charge is 2.21. The van der Waals surface area contributed by atoms with Crippen molar-refractivity contribution >= 4 is 17.3 Å². The maximum absolute atomic E-state index is 10.6. The average molecular weight is 287 g/mol. The van der Waals surface area contributed by atoms with Crippen molar-refractivity contribution < 1.29 is 10.0 Å². The van der Waals surface area contributed by atoms with Gasteiger partial charge in [-0.15, -0.1) is 0 Å². The monoisotopic (exact) mass is 286 g/mol. The largest absolute Gasteiger partial charge is 0.389 e. The molecule has 1 aromatic rings. The third-order valence-electron chi connectivity index (χ3n) is 3.33. The number of halogens is 1. The number of benzene rings is 1. The Balaban J connectivity index is 2.61.